The summed E-state index contributed by atoms with van der Waals surface area (Å²) in [5.41, 5.74) is 19.5. The van der Waals surface area contributed by atoms with Gasteiger partial charge in [0.05, 0.1) is 111 Å². The molecule has 0 unspecified atom stereocenters. The summed E-state index contributed by atoms with van der Waals surface area (Å²) in [6.07, 6.45) is 11.9. The first-order valence-corrected chi connectivity index (χ1v) is 39.5. The summed E-state index contributed by atoms with van der Waals surface area (Å²) in [4.78, 5) is 113. The molecule has 12 aromatic rings. The summed E-state index contributed by atoms with van der Waals surface area (Å²) in [6.45, 7) is 16.2. The molecule has 6 aliphatic heterocycles. The fourth-order valence-electron chi connectivity index (χ4n) is 15.2. The number of nitrogen functional groups attached to an aromatic ring is 1. The molecule has 18 rings (SSSR count). The second kappa shape index (κ2) is 35.9. The molecule has 28 heteroatoms. The Morgan fingerprint density at radius 1 is 0.444 bits per heavy atom. The van der Waals surface area contributed by atoms with E-state index >= 15 is 0 Å². The number of amides is 3. The number of nitrogens with two attached hydrogens (primary N) is 1. The lowest BCUT2D eigenvalue weighted by Gasteiger charge is -2.37. The van der Waals surface area contributed by atoms with E-state index in [0.717, 1.165) is 104 Å². The summed E-state index contributed by atoms with van der Waals surface area (Å²) in [5.74, 6) is 6.41. The third-order valence-electron chi connectivity index (χ3n) is 21.4. The number of hydrogen-bond donors (Lipinski definition) is 4. The van der Waals surface area contributed by atoms with Gasteiger partial charge in [-0.2, -0.15) is 4.98 Å². The summed E-state index contributed by atoms with van der Waals surface area (Å²) >= 11 is 0. The smallest absolute Gasteiger partial charge is 0.255 e. The van der Waals surface area contributed by atoms with Gasteiger partial charge in [-0.05, 0) is 167 Å². The van der Waals surface area contributed by atoms with Crippen LogP contribution in [-0.4, -0.2) is 184 Å². The Morgan fingerprint density at radius 3 is 1.26 bits per heavy atom. The Hall–Kier alpha value is -13.4. The molecule has 8 aromatic heterocycles. The number of hydrogen-bond acceptors (Lipinski definition) is 24. The first-order chi connectivity index (χ1) is 57.2. The zero-order valence-electron chi connectivity index (χ0n) is 65.4. The lowest BCUT2D eigenvalue weighted by atomic mass is 10.0. The molecule has 6 aliphatic rings. The first-order valence-electron chi connectivity index (χ1n) is 39.5. The molecule has 0 radical (unpaired) electrons. The number of nitrogens with one attached hydrogen (secondary N) is 3. The third kappa shape index (κ3) is 18.4. The van der Waals surface area contributed by atoms with Crippen molar-refractivity contribution in [2.75, 3.05) is 110 Å². The number of nitrogens with zero attached hydrogens (tertiary/aromatic N) is 16. The van der Waals surface area contributed by atoms with Crippen molar-refractivity contribution in [2.24, 2.45) is 0 Å². The normalized spacial score (nSPS) is 17.0. The summed E-state index contributed by atoms with van der Waals surface area (Å²) in [6, 6.07) is 55.3. The predicted octanol–water partition coefficient (Wildman–Crippen LogP) is 11.6. The predicted molar refractivity (Wildman–Crippen MR) is 446 cm³/mol. The van der Waals surface area contributed by atoms with E-state index in [9.17, 15) is 19.2 Å². The van der Waals surface area contributed by atoms with Crippen LogP contribution < -0.4 is 41.4 Å². The molecule has 28 nitrogen and oxygen atoms in total. The van der Waals surface area contributed by atoms with Crippen molar-refractivity contribution in [3.63, 3.8) is 0 Å². The van der Waals surface area contributed by atoms with Gasteiger partial charge >= 0.3 is 0 Å². The number of aromatic nitrogens is 11. The molecule has 3 atom stereocenters. The average molecular weight is 1570 g/mol. The number of pyridine rings is 5. The lowest BCUT2D eigenvalue weighted by molar-refractivity contribution is 0.0723. The molecule has 0 bridgehead atoms. The van der Waals surface area contributed by atoms with E-state index in [-0.39, 0.29) is 41.4 Å². The molecule has 0 spiro atoms. The number of morpholine rings is 3. The molecule has 0 saturated carbocycles. The molecule has 14 heterocycles. The zero-order chi connectivity index (χ0) is 80.1. The van der Waals surface area contributed by atoms with Crippen LogP contribution >= 0.6 is 0 Å². The molecule has 3 saturated heterocycles. The summed E-state index contributed by atoms with van der Waals surface area (Å²) < 4.78 is 23.0. The van der Waals surface area contributed by atoms with E-state index in [1.54, 1.807) is 85.7 Å². The topological polar surface area (TPSA) is 319 Å². The van der Waals surface area contributed by atoms with E-state index in [2.05, 4.69) is 71.0 Å². The molecule has 5 N–H and O–H groups in total. The molecule has 594 valence electrons. The molecule has 3 amide bonds. The largest absolute Gasteiger partial charge is 0.473 e. The Kier molecular flexibility index (Phi) is 23.8. The SMILES string of the molecule is C[C@H]1COCCN1c1nc(-c2ccc(N)cc2)nc2c1CCN(C(=O)c1cccnc1)C2.C[C@H]1COCCN1c1nc(-c2ccc(Nc3cccc(=O)[nH]3)cc2)nc2c1CCN(C(=O)c1cccnc1)C2.C[C@H]1COCCN1c1nc(-c2ccc(Nc3cccc(OCc4ccccc4)n3)cc2)nc2c1CCN(C(=O)c1cccnc1)C2. The zero-order valence-corrected chi connectivity index (χ0v) is 65.4. The van der Waals surface area contributed by atoms with E-state index in [0.29, 0.717) is 162 Å². The second-order valence-corrected chi connectivity index (χ2v) is 29.5. The minimum Gasteiger partial charge on any atom is -0.473 e. The van der Waals surface area contributed by atoms with Gasteiger partial charge in [-0.3, -0.25) is 34.1 Å². The molecule has 3 fully saturated rings. The van der Waals surface area contributed by atoms with E-state index in [1.807, 2.05) is 136 Å². The maximum atomic E-state index is 13.3. The van der Waals surface area contributed by atoms with E-state index < -0.39 is 0 Å². The van der Waals surface area contributed by atoms with Crippen molar-refractivity contribution in [3.8, 4) is 40.0 Å². The third-order valence-corrected chi connectivity index (χ3v) is 21.4. The highest BCUT2D eigenvalue weighted by molar-refractivity contribution is 5.95. The number of ether oxygens (including phenoxy) is 4. The Morgan fingerprint density at radius 2 is 0.855 bits per heavy atom. The van der Waals surface area contributed by atoms with Crippen LogP contribution in [0.15, 0.2) is 218 Å². The van der Waals surface area contributed by atoms with Crippen LogP contribution in [0, 0.1) is 0 Å². The summed E-state index contributed by atoms with van der Waals surface area (Å²) in [7, 11) is 0. The van der Waals surface area contributed by atoms with Gasteiger partial charge in [0, 0.05) is 139 Å². The second-order valence-electron chi connectivity index (χ2n) is 29.5. The Labute approximate surface area is 677 Å². The fraction of sp³-hybridized carbons (Fsp3) is 0.281. The fourth-order valence-corrected chi connectivity index (χ4v) is 15.2. The highest BCUT2D eigenvalue weighted by atomic mass is 16.5. The number of H-pyrrole nitrogens is 1. The van der Waals surface area contributed by atoms with Crippen molar-refractivity contribution in [1.82, 2.24) is 69.5 Å². The molecular formula is C89H90N20O8. The maximum Gasteiger partial charge on any atom is 0.255 e. The first kappa shape index (κ1) is 77.5. The van der Waals surface area contributed by atoms with Crippen LogP contribution in [0.3, 0.4) is 0 Å². The molecule has 117 heavy (non-hydrogen) atoms. The standard InChI is InChI=1S/C36H35N7O3.C29H29N7O3.C24H26N6O2/c1-25-23-45-20-19-43(25)35-30-16-18-42(36(44)28-9-6-17-37-21-28)22-31(30)39-34(41-35)27-12-14-29(15-13-27)38-32-10-5-11-33(40-32)46-24-26-7-3-2-4-8-26;1-19-18-39-15-14-36(19)28-23-11-13-35(29(38)21-4-3-12-30-16-21)17-24(23)32-27(34-28)20-7-9-22(10-8-20)31-25-5-2-6-26(37)33-25;1-16-15-32-12-11-30(16)23-20-8-10-29(24(31)18-3-2-9-26-13-18)14-21(20)27-22(28-23)17-4-6-19(25)7-5-17/h2-15,17,21,25H,16,18-20,22-24H2,1H3,(H,38,40);2-10,12,16,19H,11,13-15,17-18H2,1H3,(H2,31,33,37);2-7,9,13,16H,8,10-12,14-15,25H2,1H3/t25-;19-;16-/m000/s1. The average Bonchev–Trinajstić information content (AvgIpc) is 0.777. The highest BCUT2D eigenvalue weighted by Crippen LogP contribution is 2.37. The number of fused-ring (bicyclic) bond motifs is 3. The van der Waals surface area contributed by atoms with Crippen molar-refractivity contribution in [2.45, 2.75) is 84.4 Å². The molecule has 0 aliphatic carbocycles. The number of anilines is 8. The number of aromatic amines is 1. The number of rotatable bonds is 16. The van der Waals surface area contributed by atoms with Crippen LogP contribution in [0.5, 0.6) is 5.88 Å². The van der Waals surface area contributed by atoms with E-state index in [1.165, 1.54) is 6.07 Å². The monoisotopic (exact) mass is 1570 g/mol. The van der Waals surface area contributed by atoms with Crippen LogP contribution in [0.4, 0.5) is 46.2 Å². The van der Waals surface area contributed by atoms with Gasteiger partial charge in [0.25, 0.3) is 17.7 Å². The number of benzene rings is 4. The van der Waals surface area contributed by atoms with Gasteiger partial charge in [-0.25, -0.2) is 29.9 Å². The van der Waals surface area contributed by atoms with Gasteiger partial charge in [0.2, 0.25) is 11.4 Å². The van der Waals surface area contributed by atoms with E-state index in [4.69, 9.17) is 54.6 Å². The Bertz CT molecular complexity index is 5530. The summed E-state index contributed by atoms with van der Waals surface area (Å²) in [5, 5.41) is 6.58. The quantitative estimate of drug-likeness (QED) is 0.0653. The highest BCUT2D eigenvalue weighted by Gasteiger charge is 2.35. The van der Waals surface area contributed by atoms with Crippen LogP contribution in [0.25, 0.3) is 34.2 Å². The van der Waals surface area contributed by atoms with Gasteiger partial charge < -0.3 is 69.7 Å². The van der Waals surface area contributed by atoms with Crippen LogP contribution in [0.1, 0.15) is 91.2 Å². The van der Waals surface area contributed by atoms with Crippen LogP contribution in [-0.2, 0) is 59.7 Å². The molecular weight excluding hydrogens is 1480 g/mol. The van der Waals surface area contributed by atoms with Gasteiger partial charge in [0.1, 0.15) is 35.7 Å². The van der Waals surface area contributed by atoms with Crippen LogP contribution in [0.2, 0.25) is 0 Å². The number of carbonyl (C=O) groups excluding carboxylic acids is 3. The van der Waals surface area contributed by atoms with Crippen molar-refractivity contribution in [1.29, 1.82) is 0 Å². The minimum absolute atomic E-state index is 0.0299. The van der Waals surface area contributed by atoms with Crippen molar-refractivity contribution in [3.05, 3.63) is 279 Å². The number of carbonyl (C=O) groups is 3. The molecule has 4 aromatic carbocycles. The van der Waals surface area contributed by atoms with Gasteiger partial charge in [-0.15, -0.1) is 0 Å². The van der Waals surface area contributed by atoms with Gasteiger partial charge in [0.15, 0.2) is 17.5 Å². The lowest BCUT2D eigenvalue weighted by Crippen LogP contribution is -2.45. The van der Waals surface area contributed by atoms with Crippen molar-refractivity contribution < 1.29 is 33.3 Å². The van der Waals surface area contributed by atoms with Crippen molar-refractivity contribution >= 4 is 63.9 Å². The maximum absolute atomic E-state index is 13.3. The van der Waals surface area contributed by atoms with Gasteiger partial charge in [-0.1, -0.05) is 42.5 Å². The Balaban J connectivity index is 0.000000134. The minimum atomic E-state index is -0.167.